The molecule has 0 aliphatic carbocycles. The fourth-order valence-corrected chi connectivity index (χ4v) is 12.6. The van der Waals surface area contributed by atoms with Crippen LogP contribution in [0.2, 0.25) is 0 Å². The first-order valence-electron chi connectivity index (χ1n) is 36.0. The molecule has 114 heavy (non-hydrogen) atoms. The maximum Gasteiger partial charge on any atom is 0.338 e. The van der Waals surface area contributed by atoms with Crippen LogP contribution < -0.4 is 0 Å². The molecule has 3 saturated heterocycles. The molecule has 15 atom stereocenters. The molecule has 0 unspecified atom stereocenters. The van der Waals surface area contributed by atoms with Gasteiger partial charge in [0.15, 0.2) is 73.8 Å². The minimum atomic E-state index is -2.25. The lowest BCUT2D eigenvalue weighted by molar-refractivity contribution is -0.337. The van der Waals surface area contributed by atoms with E-state index in [9.17, 15) is 48.3 Å². The van der Waals surface area contributed by atoms with Gasteiger partial charge in [-0.3, -0.25) is 0 Å². The standard InChI is InChI=1S/C88H72O26/c89-76(54-31-11-1-12-32-54)100-51-65-68(107-78(91)56-35-15-3-16-36-56)71(110-81(94)59-41-21-6-22-42-59)74(113-84(97)62-47-27-9-28-48-62)88(104-65)102-53-66-69(108-79(92)57-37-17-4-18-38-57)72(111-82(95)60-43-23-7-24-44-60)75(114-85(98)63-49-29-10-30-50-63)87(105-66)101-52-64-67(106-77(90)55-33-13-2-14-34-55)70(109-80(93)58-39-19-5-20-40-58)73(86(99)103-64)112-83(96)61-45-25-8-26-46-61/h1-50,64-75,86-88,99H,51-53H2/t64-,65-,66-,67-,68-,69-,70+,71+,72+,73-,74-,75-,86-,87-,88-/m1/s1. The van der Waals surface area contributed by atoms with Crippen molar-refractivity contribution in [1.29, 1.82) is 0 Å². The van der Waals surface area contributed by atoms with E-state index in [1.807, 2.05) is 0 Å². The SMILES string of the molecule is O=C(OC[C@H]1O[C@@H](OC[C@H]2O[C@@H](OC[C@H]3O[C@@H](O)[C@H](OC(=O)c4ccccc4)[C@@H](OC(=O)c4ccccc4)[C@@H]3OC(=O)c3ccccc3)[C@H](OC(=O)c3ccccc3)[C@@H](OC(=O)c3ccccc3)[C@@H]2OC(=O)c2ccccc2)[C@H](OC(=O)c2ccccc2)[C@@H](OC(=O)c2ccccc2)[C@@H]1OC(=O)c1ccccc1)c1ccccc1. The van der Waals surface area contributed by atoms with Crippen LogP contribution >= 0.6 is 0 Å². The Hall–Kier alpha value is -13.3. The molecule has 10 aromatic rings. The second-order valence-corrected chi connectivity index (χ2v) is 25.9. The van der Waals surface area contributed by atoms with Crippen molar-refractivity contribution >= 4 is 59.7 Å². The number of aliphatic hydroxyl groups is 1. The Morgan fingerprint density at radius 1 is 0.211 bits per heavy atom. The molecule has 0 aromatic heterocycles. The minimum Gasteiger partial charge on any atom is -0.459 e. The van der Waals surface area contributed by atoms with Crippen LogP contribution in [-0.2, 0) is 71.1 Å². The van der Waals surface area contributed by atoms with Crippen LogP contribution in [0.4, 0.5) is 0 Å². The number of carbonyl (C=O) groups is 10. The number of carbonyl (C=O) groups excluding carboxylic acids is 10. The van der Waals surface area contributed by atoms with Gasteiger partial charge in [-0.25, -0.2) is 47.9 Å². The summed E-state index contributed by atoms with van der Waals surface area (Å²) in [6, 6.07) is 75.6. The molecule has 3 aliphatic heterocycles. The van der Waals surface area contributed by atoms with Crippen LogP contribution in [0.3, 0.4) is 0 Å². The Labute approximate surface area is 651 Å². The molecular formula is C88H72O26. The smallest absolute Gasteiger partial charge is 0.338 e. The average molecular weight is 1550 g/mol. The molecule has 3 fully saturated rings. The summed E-state index contributed by atoms with van der Waals surface area (Å²) in [5.74, 6) is -10.5. The van der Waals surface area contributed by atoms with E-state index in [0.717, 1.165) is 0 Å². The van der Waals surface area contributed by atoms with E-state index in [1.54, 1.807) is 121 Å². The van der Waals surface area contributed by atoms with Gasteiger partial charge in [0.05, 0.1) is 68.8 Å². The zero-order valence-electron chi connectivity index (χ0n) is 60.3. The monoisotopic (exact) mass is 1540 g/mol. The highest BCUT2D eigenvalue weighted by atomic mass is 16.8. The molecule has 26 nitrogen and oxygen atoms in total. The topological polar surface area (TPSA) is 329 Å². The normalized spacial score (nSPS) is 22.9. The number of benzene rings is 10. The van der Waals surface area contributed by atoms with E-state index in [-0.39, 0.29) is 55.6 Å². The number of hydrogen-bond donors (Lipinski definition) is 1. The summed E-state index contributed by atoms with van der Waals surface area (Å²) in [7, 11) is 0. The van der Waals surface area contributed by atoms with Gasteiger partial charge in [-0.15, -0.1) is 0 Å². The fourth-order valence-electron chi connectivity index (χ4n) is 12.6. The van der Waals surface area contributed by atoms with Crippen LogP contribution in [-0.4, -0.2) is 177 Å². The summed E-state index contributed by atoms with van der Waals surface area (Å²) < 4.78 is 96.0. The van der Waals surface area contributed by atoms with Crippen molar-refractivity contribution in [1.82, 2.24) is 0 Å². The summed E-state index contributed by atoms with van der Waals surface area (Å²) in [5, 5.41) is 12.3. The second kappa shape index (κ2) is 38.1. The molecule has 0 saturated carbocycles. The van der Waals surface area contributed by atoms with E-state index in [2.05, 4.69) is 0 Å². The van der Waals surface area contributed by atoms with Gasteiger partial charge in [0.25, 0.3) is 0 Å². The highest BCUT2D eigenvalue weighted by Gasteiger charge is 2.59. The molecule has 0 spiro atoms. The van der Waals surface area contributed by atoms with E-state index >= 15 is 4.79 Å². The van der Waals surface area contributed by atoms with Crippen molar-refractivity contribution < 1.29 is 124 Å². The summed E-state index contributed by atoms with van der Waals surface area (Å²) in [5.41, 5.74) is -0.345. The van der Waals surface area contributed by atoms with E-state index in [1.165, 1.54) is 182 Å². The summed E-state index contributed by atoms with van der Waals surface area (Å²) in [4.78, 5) is 146. The predicted molar refractivity (Wildman–Crippen MR) is 398 cm³/mol. The van der Waals surface area contributed by atoms with Gasteiger partial charge in [-0.1, -0.05) is 182 Å². The number of hydrogen-bond acceptors (Lipinski definition) is 26. The van der Waals surface area contributed by atoms with Crippen molar-refractivity contribution in [3.8, 4) is 0 Å². The lowest BCUT2D eigenvalue weighted by atomic mass is 9.96. The Balaban J connectivity index is 0.937. The van der Waals surface area contributed by atoms with E-state index in [0.29, 0.717) is 0 Å². The van der Waals surface area contributed by atoms with Crippen LogP contribution in [0, 0.1) is 0 Å². The minimum absolute atomic E-state index is 0.00533. The van der Waals surface area contributed by atoms with Crippen molar-refractivity contribution in [3.05, 3.63) is 359 Å². The average Bonchev–Trinajstić information content (AvgIpc) is 0.758. The van der Waals surface area contributed by atoms with Crippen LogP contribution in [0.5, 0.6) is 0 Å². The van der Waals surface area contributed by atoms with Gasteiger partial charge in [0.1, 0.15) is 24.9 Å². The van der Waals surface area contributed by atoms with E-state index < -0.39 is 172 Å². The number of ether oxygens (including phenoxy) is 15. The first kappa shape index (κ1) is 78.8. The molecule has 26 heteroatoms. The summed E-state index contributed by atoms with van der Waals surface area (Å²) in [6.07, 6.45) is -30.1. The zero-order chi connectivity index (χ0) is 79.3. The molecular weight excluding hydrogens is 1470 g/mol. The first-order valence-corrected chi connectivity index (χ1v) is 36.0. The van der Waals surface area contributed by atoms with Crippen molar-refractivity contribution in [2.24, 2.45) is 0 Å². The molecule has 10 aromatic carbocycles. The maximum atomic E-state index is 15.0. The quantitative estimate of drug-likeness (QED) is 0.0369. The predicted octanol–water partition coefficient (Wildman–Crippen LogP) is 11.1. The summed E-state index contributed by atoms with van der Waals surface area (Å²) in [6.45, 7) is -2.78. The molecule has 3 heterocycles. The third-order valence-electron chi connectivity index (χ3n) is 18.3. The third kappa shape index (κ3) is 19.9. The molecule has 580 valence electrons. The van der Waals surface area contributed by atoms with Gasteiger partial charge in [-0.05, 0) is 121 Å². The Bertz CT molecular complexity index is 4900. The van der Waals surface area contributed by atoms with Crippen LogP contribution in [0.1, 0.15) is 104 Å². The molecule has 0 radical (unpaired) electrons. The van der Waals surface area contributed by atoms with Gasteiger partial charge < -0.3 is 76.2 Å². The molecule has 3 aliphatic rings. The van der Waals surface area contributed by atoms with Gasteiger partial charge >= 0.3 is 59.7 Å². The van der Waals surface area contributed by atoms with Gasteiger partial charge in [0, 0.05) is 0 Å². The highest BCUT2D eigenvalue weighted by molar-refractivity contribution is 5.95. The Kier molecular flexibility index (Phi) is 26.3. The number of esters is 10. The second-order valence-electron chi connectivity index (χ2n) is 25.9. The summed E-state index contributed by atoms with van der Waals surface area (Å²) >= 11 is 0. The van der Waals surface area contributed by atoms with E-state index in [4.69, 9.17) is 71.1 Å². The van der Waals surface area contributed by atoms with Gasteiger partial charge in [-0.2, -0.15) is 0 Å². The highest BCUT2D eigenvalue weighted by Crippen LogP contribution is 2.38. The first-order chi connectivity index (χ1) is 55.6. The molecule has 0 amide bonds. The van der Waals surface area contributed by atoms with Crippen LogP contribution in [0.15, 0.2) is 303 Å². The van der Waals surface area contributed by atoms with Crippen molar-refractivity contribution in [2.75, 3.05) is 19.8 Å². The molecule has 0 bridgehead atoms. The Morgan fingerprint density at radius 3 is 0.623 bits per heavy atom. The third-order valence-corrected chi connectivity index (χ3v) is 18.3. The van der Waals surface area contributed by atoms with Crippen LogP contribution in [0.25, 0.3) is 0 Å². The number of rotatable bonds is 27. The fraction of sp³-hybridized carbons (Fsp3) is 0.205. The molecule has 13 rings (SSSR count). The van der Waals surface area contributed by atoms with Gasteiger partial charge in [0.2, 0.25) is 0 Å². The lowest BCUT2D eigenvalue weighted by Crippen LogP contribution is -2.66. The zero-order valence-corrected chi connectivity index (χ0v) is 60.3. The maximum absolute atomic E-state index is 15.0. The van der Waals surface area contributed by atoms with Crippen molar-refractivity contribution in [2.45, 2.75) is 92.1 Å². The largest absolute Gasteiger partial charge is 0.459 e. The number of aliphatic hydroxyl groups excluding tert-OH is 1. The molecule has 1 N–H and O–H groups in total. The van der Waals surface area contributed by atoms with Crippen molar-refractivity contribution in [3.63, 3.8) is 0 Å². The Morgan fingerprint density at radius 2 is 0.386 bits per heavy atom. The lowest BCUT2D eigenvalue weighted by Gasteiger charge is -2.47.